The van der Waals surface area contributed by atoms with Crippen molar-refractivity contribution in [2.75, 3.05) is 38.2 Å². The Bertz CT molecular complexity index is 1110. The second-order valence-corrected chi connectivity index (χ2v) is 10.9. The number of ether oxygens (including phenoxy) is 1. The standard InChI is InChI=1S/C17H20ClN3O4S.C6H15N/c1-21-17(23)12(10-19-21)16(22)11-6-7-13(25-2)15(14(11)18)20-26(24)8-4-3-5-9-26;1-4-7(5-2)6-3/h6-7,10,19H,3-5,8-9H2,1-2H3;4-6H2,1-3H3/p+1. The summed E-state index contributed by atoms with van der Waals surface area (Å²) in [5.41, 5.74) is -0.132. The third kappa shape index (κ3) is 6.71. The minimum Gasteiger partial charge on any atom is -0.494 e. The Hall–Kier alpha value is -2.10. The van der Waals surface area contributed by atoms with E-state index < -0.39 is 21.1 Å². The van der Waals surface area contributed by atoms with Crippen LogP contribution in [0.15, 0.2) is 27.5 Å². The summed E-state index contributed by atoms with van der Waals surface area (Å²) >= 11 is 6.44. The predicted octanol–water partition coefficient (Wildman–Crippen LogP) is 2.82. The Morgan fingerprint density at radius 1 is 1.15 bits per heavy atom. The Labute approximate surface area is 201 Å². The fraction of sp³-hybridized carbons (Fsp3) is 0.565. The average Bonchev–Trinajstić information content (AvgIpc) is 3.15. The van der Waals surface area contributed by atoms with Crippen LogP contribution in [0.4, 0.5) is 5.69 Å². The van der Waals surface area contributed by atoms with Crippen molar-refractivity contribution in [2.24, 2.45) is 11.4 Å². The van der Waals surface area contributed by atoms with E-state index in [0.29, 0.717) is 17.3 Å². The third-order valence-electron chi connectivity index (χ3n) is 5.91. The highest BCUT2D eigenvalue weighted by atomic mass is 35.5. The molecule has 1 aromatic heterocycles. The smallest absolute Gasteiger partial charge is 0.277 e. The van der Waals surface area contributed by atoms with E-state index in [1.165, 1.54) is 50.7 Å². The first-order chi connectivity index (χ1) is 15.7. The van der Waals surface area contributed by atoms with Crippen LogP contribution in [0, 0.1) is 0 Å². The number of H-pyrrole nitrogens is 1. The summed E-state index contributed by atoms with van der Waals surface area (Å²) in [4.78, 5) is 26.5. The molecular formula is C23H36ClN4O4S+. The van der Waals surface area contributed by atoms with Gasteiger partial charge in [0, 0.05) is 30.3 Å². The molecule has 1 saturated heterocycles. The monoisotopic (exact) mass is 499 g/mol. The number of hydrogen-bond donors (Lipinski definition) is 2. The second-order valence-electron chi connectivity index (χ2n) is 8.00. The van der Waals surface area contributed by atoms with Gasteiger partial charge < -0.3 is 14.7 Å². The third-order valence-corrected chi connectivity index (χ3v) is 8.66. The molecule has 10 heteroatoms. The van der Waals surface area contributed by atoms with Crippen LogP contribution in [0.1, 0.15) is 56.0 Å². The highest BCUT2D eigenvalue weighted by molar-refractivity contribution is 7.93. The molecule has 8 nitrogen and oxygen atoms in total. The van der Waals surface area contributed by atoms with Gasteiger partial charge in [-0.2, -0.15) is 4.36 Å². The highest BCUT2D eigenvalue weighted by Crippen LogP contribution is 2.40. The van der Waals surface area contributed by atoms with Gasteiger partial charge in [-0.1, -0.05) is 18.0 Å². The van der Waals surface area contributed by atoms with Crippen LogP contribution in [-0.4, -0.2) is 58.0 Å². The molecule has 0 aliphatic carbocycles. The van der Waals surface area contributed by atoms with E-state index in [2.05, 4.69) is 30.2 Å². The summed E-state index contributed by atoms with van der Waals surface area (Å²) in [7, 11) is 0.545. The predicted molar refractivity (Wildman–Crippen MR) is 134 cm³/mol. The number of benzene rings is 1. The molecule has 1 aromatic carbocycles. The lowest BCUT2D eigenvalue weighted by molar-refractivity contribution is -0.894. The molecule has 0 spiro atoms. The molecule has 1 fully saturated rings. The molecule has 0 bridgehead atoms. The number of quaternary nitrogens is 1. The maximum absolute atomic E-state index is 13.0. The van der Waals surface area contributed by atoms with E-state index in [-0.39, 0.29) is 21.8 Å². The lowest BCUT2D eigenvalue weighted by Gasteiger charge is -2.17. The zero-order valence-electron chi connectivity index (χ0n) is 20.2. The molecule has 33 heavy (non-hydrogen) atoms. The number of aryl methyl sites for hydroxylation is 1. The van der Waals surface area contributed by atoms with Gasteiger partial charge >= 0.3 is 0 Å². The fourth-order valence-electron chi connectivity index (χ4n) is 3.68. The summed E-state index contributed by atoms with van der Waals surface area (Å²) in [6.07, 6.45) is 4.07. The maximum Gasteiger partial charge on any atom is 0.277 e. The average molecular weight is 500 g/mol. The Morgan fingerprint density at radius 3 is 2.21 bits per heavy atom. The van der Waals surface area contributed by atoms with Gasteiger partial charge in [0.1, 0.15) is 17.0 Å². The molecule has 1 aliphatic heterocycles. The number of carbonyl (C=O) groups is 1. The van der Waals surface area contributed by atoms with Gasteiger partial charge in [-0.25, -0.2) is 4.21 Å². The molecule has 0 atom stereocenters. The molecule has 0 radical (unpaired) electrons. The summed E-state index contributed by atoms with van der Waals surface area (Å²) in [5.74, 6) is 0.836. The van der Waals surface area contributed by atoms with Gasteiger partial charge in [0.2, 0.25) is 5.78 Å². The van der Waals surface area contributed by atoms with Crippen molar-refractivity contribution in [1.29, 1.82) is 0 Å². The minimum absolute atomic E-state index is 0.0210. The summed E-state index contributed by atoms with van der Waals surface area (Å²) in [5, 5.41) is 2.71. The van der Waals surface area contributed by atoms with E-state index in [9.17, 15) is 13.8 Å². The van der Waals surface area contributed by atoms with Gasteiger partial charge in [0.15, 0.2) is 0 Å². The van der Waals surface area contributed by atoms with Crippen molar-refractivity contribution in [3.05, 3.63) is 44.8 Å². The highest BCUT2D eigenvalue weighted by Gasteiger charge is 2.24. The molecule has 0 saturated carbocycles. The van der Waals surface area contributed by atoms with Crippen LogP contribution in [0.3, 0.4) is 0 Å². The fourth-order valence-corrected chi connectivity index (χ4v) is 6.23. The van der Waals surface area contributed by atoms with E-state index in [1.807, 2.05) is 0 Å². The molecule has 3 rings (SSSR count). The van der Waals surface area contributed by atoms with Crippen LogP contribution >= 0.6 is 11.6 Å². The van der Waals surface area contributed by atoms with Crippen LogP contribution in [0.25, 0.3) is 0 Å². The molecule has 2 aromatic rings. The van der Waals surface area contributed by atoms with Crippen LogP contribution in [0.2, 0.25) is 5.02 Å². The van der Waals surface area contributed by atoms with Gasteiger partial charge in [-0.05, 0) is 45.7 Å². The first-order valence-corrected chi connectivity index (χ1v) is 13.7. The largest absolute Gasteiger partial charge is 0.494 e. The van der Waals surface area contributed by atoms with Gasteiger partial charge in [0.25, 0.3) is 5.56 Å². The zero-order chi connectivity index (χ0) is 24.6. The molecule has 0 amide bonds. The zero-order valence-corrected chi connectivity index (χ0v) is 21.8. The van der Waals surface area contributed by atoms with E-state index in [0.717, 1.165) is 19.3 Å². The van der Waals surface area contributed by atoms with Crippen LogP contribution in [0.5, 0.6) is 5.75 Å². The minimum atomic E-state index is -2.43. The number of nitrogens with zero attached hydrogens (tertiary/aromatic N) is 2. The van der Waals surface area contributed by atoms with Gasteiger partial charge in [0.05, 0.1) is 41.5 Å². The number of nitrogens with one attached hydrogen (secondary N) is 2. The number of ketones is 1. The Kier molecular flexibility index (Phi) is 10.2. The SMILES string of the molecule is CC[NH+](CC)CC.COc1ccc(C(=O)c2c[nH]n(C)c2=O)c(Cl)c1N=S1(=O)CCCCC1. The molecule has 1 aliphatic rings. The number of methoxy groups -OCH3 is 1. The first kappa shape index (κ1) is 27.1. The molecule has 0 unspecified atom stereocenters. The molecule has 184 valence electrons. The summed E-state index contributed by atoms with van der Waals surface area (Å²) in [6, 6.07) is 3.04. The lowest BCUT2D eigenvalue weighted by atomic mass is 10.1. The number of rotatable bonds is 7. The first-order valence-electron chi connectivity index (χ1n) is 11.4. The van der Waals surface area contributed by atoms with Crippen molar-refractivity contribution >= 4 is 32.8 Å². The maximum atomic E-state index is 13.0. The number of aromatic amines is 1. The number of carbonyl (C=O) groups excluding carboxylic acids is 1. The van der Waals surface area contributed by atoms with Crippen molar-refractivity contribution in [3.8, 4) is 5.75 Å². The number of halogens is 1. The Balaban J connectivity index is 0.000000479. The quantitative estimate of drug-likeness (QED) is 0.572. The van der Waals surface area contributed by atoms with E-state index in [1.54, 1.807) is 11.0 Å². The van der Waals surface area contributed by atoms with Crippen molar-refractivity contribution in [1.82, 2.24) is 9.78 Å². The normalized spacial score (nSPS) is 15.0. The van der Waals surface area contributed by atoms with Crippen molar-refractivity contribution in [2.45, 2.75) is 40.0 Å². The van der Waals surface area contributed by atoms with Gasteiger partial charge in [-0.15, -0.1) is 0 Å². The molecule has 2 heterocycles. The topological polar surface area (TPSA) is 98.0 Å². The lowest BCUT2D eigenvalue weighted by Crippen LogP contribution is -3.11. The van der Waals surface area contributed by atoms with Crippen molar-refractivity contribution in [3.63, 3.8) is 0 Å². The second kappa shape index (κ2) is 12.4. The Morgan fingerprint density at radius 2 is 1.76 bits per heavy atom. The number of hydrogen-bond acceptors (Lipinski definition) is 5. The van der Waals surface area contributed by atoms with Crippen LogP contribution < -0.4 is 15.2 Å². The van der Waals surface area contributed by atoms with Gasteiger partial charge in [-0.3, -0.25) is 14.3 Å². The van der Waals surface area contributed by atoms with E-state index in [4.69, 9.17) is 16.3 Å². The summed E-state index contributed by atoms with van der Waals surface area (Å²) in [6.45, 7) is 10.5. The van der Waals surface area contributed by atoms with Crippen molar-refractivity contribution < 1.29 is 18.6 Å². The molecular weight excluding hydrogens is 464 g/mol. The summed E-state index contributed by atoms with van der Waals surface area (Å²) < 4.78 is 23.9. The van der Waals surface area contributed by atoms with Crippen LogP contribution in [-0.2, 0) is 16.8 Å². The van der Waals surface area contributed by atoms with E-state index >= 15 is 0 Å². The number of aromatic nitrogens is 2. The molecule has 2 N–H and O–H groups in total.